The number of aromatic nitrogens is 1. The third-order valence-electron chi connectivity index (χ3n) is 2.89. The van der Waals surface area contributed by atoms with Crippen molar-refractivity contribution in [1.29, 1.82) is 0 Å². The van der Waals surface area contributed by atoms with Gasteiger partial charge in [-0.3, -0.25) is 4.90 Å². The highest BCUT2D eigenvalue weighted by molar-refractivity contribution is 6.30. The van der Waals surface area contributed by atoms with E-state index in [2.05, 4.69) is 29.1 Å². The number of methoxy groups -OCH3 is 1. The van der Waals surface area contributed by atoms with E-state index in [0.29, 0.717) is 5.15 Å². The summed E-state index contributed by atoms with van der Waals surface area (Å²) in [5.74, 6) is 0.877. The van der Waals surface area contributed by atoms with E-state index in [4.69, 9.17) is 16.3 Å². The summed E-state index contributed by atoms with van der Waals surface area (Å²) < 4.78 is 5.15. The van der Waals surface area contributed by atoms with E-state index in [0.717, 1.165) is 24.4 Å². The lowest BCUT2D eigenvalue weighted by Gasteiger charge is -2.17. The molecule has 1 heterocycles. The third-order valence-corrected chi connectivity index (χ3v) is 3.23. The Bertz CT molecular complexity index is 528. The van der Waals surface area contributed by atoms with Gasteiger partial charge >= 0.3 is 0 Å². The molecule has 0 amide bonds. The summed E-state index contributed by atoms with van der Waals surface area (Å²) in [6.07, 6.45) is 1.70. The molecule has 0 fully saturated rings. The number of ether oxygens (including phenoxy) is 1. The fraction of sp³-hybridized carbons (Fsp3) is 0.267. The number of pyridine rings is 1. The quantitative estimate of drug-likeness (QED) is 0.783. The van der Waals surface area contributed by atoms with Gasteiger partial charge in [-0.1, -0.05) is 29.8 Å². The van der Waals surface area contributed by atoms with Crippen molar-refractivity contribution in [3.05, 3.63) is 58.9 Å². The molecule has 19 heavy (non-hydrogen) atoms. The molecule has 0 radical (unpaired) electrons. The molecule has 2 rings (SSSR count). The summed E-state index contributed by atoms with van der Waals surface area (Å²) in [6, 6.07) is 12.0. The molecule has 2 aromatic rings. The Hall–Kier alpha value is -1.58. The molecule has 1 aromatic heterocycles. The van der Waals surface area contributed by atoms with E-state index >= 15 is 0 Å². The monoisotopic (exact) mass is 276 g/mol. The Labute approximate surface area is 118 Å². The number of rotatable bonds is 5. The molecule has 0 atom stereocenters. The molecular formula is C15H17ClN2O. The Kier molecular flexibility index (Phi) is 4.77. The highest BCUT2D eigenvalue weighted by Crippen LogP contribution is 2.16. The van der Waals surface area contributed by atoms with Crippen LogP contribution in [0.25, 0.3) is 0 Å². The second-order valence-corrected chi connectivity index (χ2v) is 4.83. The minimum Gasteiger partial charge on any atom is -0.497 e. The molecule has 100 valence electrons. The fourth-order valence-corrected chi connectivity index (χ4v) is 2.11. The number of hydrogen-bond acceptors (Lipinski definition) is 3. The Balaban J connectivity index is 1.97. The lowest BCUT2D eigenvalue weighted by molar-refractivity contribution is 0.318. The molecule has 1 aromatic carbocycles. The minimum atomic E-state index is 0.573. The van der Waals surface area contributed by atoms with Crippen LogP contribution in [0.3, 0.4) is 0 Å². The van der Waals surface area contributed by atoms with Crippen LogP contribution in [-0.2, 0) is 13.1 Å². The highest BCUT2D eigenvalue weighted by atomic mass is 35.5. The van der Waals surface area contributed by atoms with E-state index in [1.165, 1.54) is 5.56 Å². The van der Waals surface area contributed by atoms with Crippen molar-refractivity contribution in [3.63, 3.8) is 0 Å². The fourth-order valence-electron chi connectivity index (χ4n) is 1.93. The van der Waals surface area contributed by atoms with Crippen LogP contribution in [0.5, 0.6) is 5.75 Å². The lowest BCUT2D eigenvalue weighted by atomic mass is 10.2. The predicted octanol–water partition coefficient (Wildman–Crippen LogP) is 3.38. The summed E-state index contributed by atoms with van der Waals surface area (Å²) in [5, 5.41) is 0.573. The first-order valence-corrected chi connectivity index (χ1v) is 6.47. The van der Waals surface area contributed by atoms with Crippen LogP contribution in [0.2, 0.25) is 5.15 Å². The van der Waals surface area contributed by atoms with Gasteiger partial charge in [-0.2, -0.15) is 0 Å². The van der Waals surface area contributed by atoms with Crippen molar-refractivity contribution in [2.24, 2.45) is 0 Å². The third kappa shape index (κ3) is 3.94. The van der Waals surface area contributed by atoms with Gasteiger partial charge in [0.2, 0.25) is 0 Å². The van der Waals surface area contributed by atoms with Gasteiger partial charge in [-0.15, -0.1) is 0 Å². The van der Waals surface area contributed by atoms with Crippen molar-refractivity contribution in [2.75, 3.05) is 14.2 Å². The SMILES string of the molecule is COc1ccc(CN(C)Cc2cccnc2Cl)cc1. The highest BCUT2D eigenvalue weighted by Gasteiger charge is 2.05. The zero-order chi connectivity index (χ0) is 13.7. The van der Waals surface area contributed by atoms with Gasteiger partial charge in [0.15, 0.2) is 0 Å². The molecule has 4 heteroatoms. The lowest BCUT2D eigenvalue weighted by Crippen LogP contribution is -2.17. The number of halogens is 1. The molecule has 0 aliphatic rings. The summed E-state index contributed by atoms with van der Waals surface area (Å²) in [7, 11) is 3.74. The Morgan fingerprint density at radius 2 is 1.89 bits per heavy atom. The first-order valence-electron chi connectivity index (χ1n) is 6.10. The van der Waals surface area contributed by atoms with Crippen molar-refractivity contribution < 1.29 is 4.74 Å². The molecule has 3 nitrogen and oxygen atoms in total. The average molecular weight is 277 g/mol. The Morgan fingerprint density at radius 3 is 2.53 bits per heavy atom. The first-order chi connectivity index (χ1) is 9.19. The summed E-state index contributed by atoms with van der Waals surface area (Å²) >= 11 is 6.06. The van der Waals surface area contributed by atoms with Crippen molar-refractivity contribution in [1.82, 2.24) is 9.88 Å². The molecular weight excluding hydrogens is 260 g/mol. The van der Waals surface area contributed by atoms with Crippen molar-refractivity contribution in [2.45, 2.75) is 13.1 Å². The van der Waals surface area contributed by atoms with Crippen LogP contribution in [0.1, 0.15) is 11.1 Å². The summed E-state index contributed by atoms with van der Waals surface area (Å²) in [5.41, 5.74) is 2.28. The van der Waals surface area contributed by atoms with Crippen LogP contribution in [0.15, 0.2) is 42.6 Å². The number of hydrogen-bond donors (Lipinski definition) is 0. The van der Waals surface area contributed by atoms with Crippen LogP contribution < -0.4 is 4.74 Å². The molecule has 0 saturated heterocycles. The summed E-state index contributed by atoms with van der Waals surface area (Å²) in [6.45, 7) is 1.63. The zero-order valence-corrected chi connectivity index (χ0v) is 11.9. The second kappa shape index (κ2) is 6.55. The van der Waals surface area contributed by atoms with Gasteiger partial charge in [0.05, 0.1) is 7.11 Å². The molecule has 0 spiro atoms. The predicted molar refractivity (Wildman–Crippen MR) is 77.4 cm³/mol. The van der Waals surface area contributed by atoms with Crippen LogP contribution in [0.4, 0.5) is 0 Å². The van der Waals surface area contributed by atoms with E-state index in [1.54, 1.807) is 13.3 Å². The van der Waals surface area contributed by atoms with Crippen LogP contribution in [-0.4, -0.2) is 24.0 Å². The van der Waals surface area contributed by atoms with Crippen molar-refractivity contribution >= 4 is 11.6 Å². The van der Waals surface area contributed by atoms with Crippen LogP contribution in [0, 0.1) is 0 Å². The molecule has 0 saturated carbocycles. The number of nitrogens with zero attached hydrogens (tertiary/aromatic N) is 2. The maximum Gasteiger partial charge on any atom is 0.133 e. The molecule has 0 bridgehead atoms. The van der Waals surface area contributed by atoms with E-state index in [1.807, 2.05) is 24.3 Å². The average Bonchev–Trinajstić information content (AvgIpc) is 2.42. The smallest absolute Gasteiger partial charge is 0.133 e. The maximum absolute atomic E-state index is 6.06. The van der Waals surface area contributed by atoms with Gasteiger partial charge in [0, 0.05) is 24.8 Å². The van der Waals surface area contributed by atoms with Gasteiger partial charge in [0.25, 0.3) is 0 Å². The number of benzene rings is 1. The zero-order valence-electron chi connectivity index (χ0n) is 11.1. The van der Waals surface area contributed by atoms with Gasteiger partial charge in [-0.05, 0) is 30.8 Å². The first kappa shape index (κ1) is 13.8. The van der Waals surface area contributed by atoms with E-state index < -0.39 is 0 Å². The van der Waals surface area contributed by atoms with E-state index in [-0.39, 0.29) is 0 Å². The maximum atomic E-state index is 6.06. The second-order valence-electron chi connectivity index (χ2n) is 4.47. The van der Waals surface area contributed by atoms with Crippen LogP contribution >= 0.6 is 11.6 Å². The topological polar surface area (TPSA) is 25.4 Å². The molecule has 0 aliphatic carbocycles. The Morgan fingerprint density at radius 1 is 1.16 bits per heavy atom. The molecule has 0 N–H and O–H groups in total. The standard InChI is InChI=1S/C15H17ClN2O/c1-18(11-13-4-3-9-17-15(13)16)10-12-5-7-14(19-2)8-6-12/h3-9H,10-11H2,1-2H3. The van der Waals surface area contributed by atoms with E-state index in [9.17, 15) is 0 Å². The summed E-state index contributed by atoms with van der Waals surface area (Å²) in [4.78, 5) is 6.28. The molecule has 0 aliphatic heterocycles. The normalized spacial score (nSPS) is 10.7. The largest absolute Gasteiger partial charge is 0.497 e. The molecule has 0 unspecified atom stereocenters. The van der Waals surface area contributed by atoms with Crippen molar-refractivity contribution in [3.8, 4) is 5.75 Å². The van der Waals surface area contributed by atoms with Gasteiger partial charge in [0.1, 0.15) is 10.9 Å². The minimum absolute atomic E-state index is 0.573. The van der Waals surface area contributed by atoms with Gasteiger partial charge in [-0.25, -0.2) is 4.98 Å². The van der Waals surface area contributed by atoms with Gasteiger partial charge < -0.3 is 4.74 Å².